The highest BCUT2D eigenvalue weighted by Gasteiger charge is 2.40. The lowest BCUT2D eigenvalue weighted by Gasteiger charge is -2.36. The first-order valence-corrected chi connectivity index (χ1v) is 10.7. The zero-order valence-corrected chi connectivity index (χ0v) is 18.1. The molecule has 0 radical (unpaired) electrons. The van der Waals surface area contributed by atoms with Gasteiger partial charge in [-0.15, -0.1) is 0 Å². The zero-order chi connectivity index (χ0) is 20.6. The average Bonchev–Trinajstić information content (AvgIpc) is 3.21. The fourth-order valence-electron chi connectivity index (χ4n) is 4.23. The van der Waals surface area contributed by atoms with Crippen molar-refractivity contribution in [2.75, 3.05) is 0 Å². The number of hydrogen-bond donors (Lipinski definition) is 0. The summed E-state index contributed by atoms with van der Waals surface area (Å²) in [5.74, 6) is 0. The van der Waals surface area contributed by atoms with E-state index >= 15 is 0 Å². The van der Waals surface area contributed by atoms with E-state index in [4.69, 9.17) is 10.1 Å². The third-order valence-corrected chi connectivity index (χ3v) is 6.17. The Morgan fingerprint density at radius 2 is 1.20 bits per heavy atom. The van der Waals surface area contributed by atoms with Crippen molar-refractivity contribution in [2.24, 2.45) is 0 Å². The van der Waals surface area contributed by atoms with Gasteiger partial charge in [-0.3, -0.25) is 0 Å². The predicted molar refractivity (Wildman–Crippen MR) is 125 cm³/mol. The van der Waals surface area contributed by atoms with Crippen molar-refractivity contribution in [2.45, 2.75) is 12.5 Å². The smallest absolute Gasteiger partial charge is 0.160 e. The van der Waals surface area contributed by atoms with Crippen LogP contribution in [0.15, 0.2) is 108 Å². The van der Waals surface area contributed by atoms with Crippen LogP contribution in [-0.4, -0.2) is 14.8 Å². The Hall–Kier alpha value is -3.24. The molecule has 30 heavy (non-hydrogen) atoms. The largest absolute Gasteiger partial charge is 0.234 e. The molecule has 146 valence electrons. The molecule has 2 heterocycles. The topological polar surface area (TPSA) is 30.7 Å². The van der Waals surface area contributed by atoms with Gasteiger partial charge in [-0.05, 0) is 45.6 Å². The number of hydrogen-bond acceptors (Lipinski definition) is 2. The molecule has 0 unspecified atom stereocenters. The van der Waals surface area contributed by atoms with E-state index in [2.05, 4.69) is 93.4 Å². The SMILES string of the molecule is Cc1cc(Br)c2cnn(C(c3ccccc3)(c3ccccc3)c3ccccc3)c2n1. The van der Waals surface area contributed by atoms with Gasteiger partial charge in [-0.1, -0.05) is 91.0 Å². The second-order valence-electron chi connectivity index (χ2n) is 7.35. The normalized spacial score (nSPS) is 11.7. The zero-order valence-electron chi connectivity index (χ0n) is 16.5. The number of aromatic nitrogens is 3. The molecule has 5 aromatic rings. The fraction of sp³-hybridized carbons (Fsp3) is 0.0769. The van der Waals surface area contributed by atoms with Crippen LogP contribution in [0.4, 0.5) is 0 Å². The second kappa shape index (κ2) is 7.54. The van der Waals surface area contributed by atoms with Crippen molar-refractivity contribution in [3.8, 4) is 0 Å². The molecule has 0 atom stereocenters. The van der Waals surface area contributed by atoms with Crippen molar-refractivity contribution in [3.05, 3.63) is 130 Å². The summed E-state index contributed by atoms with van der Waals surface area (Å²) in [6, 6.07) is 33.6. The molecule has 0 aliphatic rings. The van der Waals surface area contributed by atoms with Gasteiger partial charge in [0.05, 0.1) is 11.6 Å². The lowest BCUT2D eigenvalue weighted by molar-refractivity contribution is 0.472. The molecule has 0 saturated carbocycles. The third kappa shape index (κ3) is 2.87. The maximum absolute atomic E-state index is 4.92. The van der Waals surface area contributed by atoms with Crippen LogP contribution in [0.2, 0.25) is 0 Å². The van der Waals surface area contributed by atoms with Crippen molar-refractivity contribution in [1.82, 2.24) is 14.8 Å². The molecule has 3 aromatic carbocycles. The summed E-state index contributed by atoms with van der Waals surface area (Å²) in [5, 5.41) is 5.92. The monoisotopic (exact) mass is 453 g/mol. The Morgan fingerprint density at radius 3 is 1.67 bits per heavy atom. The number of fused-ring (bicyclic) bond motifs is 1. The van der Waals surface area contributed by atoms with Crippen LogP contribution in [0, 0.1) is 6.92 Å². The predicted octanol–water partition coefficient (Wildman–Crippen LogP) is 6.34. The average molecular weight is 454 g/mol. The van der Waals surface area contributed by atoms with E-state index in [1.54, 1.807) is 0 Å². The molecule has 0 fully saturated rings. The highest BCUT2D eigenvalue weighted by molar-refractivity contribution is 9.10. The second-order valence-corrected chi connectivity index (χ2v) is 8.20. The van der Waals surface area contributed by atoms with Crippen LogP contribution in [0.5, 0.6) is 0 Å². The van der Waals surface area contributed by atoms with Gasteiger partial charge < -0.3 is 0 Å². The van der Waals surface area contributed by atoms with E-state index in [0.717, 1.165) is 37.9 Å². The van der Waals surface area contributed by atoms with E-state index in [-0.39, 0.29) is 0 Å². The van der Waals surface area contributed by atoms with E-state index < -0.39 is 5.54 Å². The number of nitrogens with zero attached hydrogens (tertiary/aromatic N) is 3. The number of benzene rings is 3. The molecule has 0 saturated heterocycles. The van der Waals surface area contributed by atoms with E-state index in [1.165, 1.54) is 0 Å². The van der Waals surface area contributed by atoms with Crippen molar-refractivity contribution in [1.29, 1.82) is 0 Å². The van der Waals surface area contributed by atoms with Crippen LogP contribution >= 0.6 is 15.9 Å². The van der Waals surface area contributed by atoms with Gasteiger partial charge in [0, 0.05) is 10.2 Å². The van der Waals surface area contributed by atoms with E-state index in [9.17, 15) is 0 Å². The van der Waals surface area contributed by atoms with Crippen LogP contribution in [0.25, 0.3) is 11.0 Å². The van der Waals surface area contributed by atoms with Crippen molar-refractivity contribution < 1.29 is 0 Å². The van der Waals surface area contributed by atoms with Gasteiger partial charge in [0.25, 0.3) is 0 Å². The molecular weight excluding hydrogens is 434 g/mol. The number of rotatable bonds is 4. The first kappa shape index (κ1) is 18.8. The number of pyridine rings is 1. The first-order valence-electron chi connectivity index (χ1n) is 9.89. The Labute approximate surface area is 184 Å². The molecule has 0 amide bonds. The van der Waals surface area contributed by atoms with Crippen LogP contribution in [0.1, 0.15) is 22.4 Å². The van der Waals surface area contributed by atoms with Crippen LogP contribution in [-0.2, 0) is 5.54 Å². The van der Waals surface area contributed by atoms with Crippen LogP contribution in [0.3, 0.4) is 0 Å². The van der Waals surface area contributed by atoms with Gasteiger partial charge in [-0.25, -0.2) is 9.67 Å². The molecule has 0 spiro atoms. The summed E-state index contributed by atoms with van der Waals surface area (Å²) in [4.78, 5) is 4.91. The molecular formula is C26H20BrN3. The van der Waals surface area contributed by atoms with Gasteiger partial charge in [0.1, 0.15) is 5.54 Å². The van der Waals surface area contributed by atoms with E-state index in [0.29, 0.717) is 0 Å². The van der Waals surface area contributed by atoms with Crippen molar-refractivity contribution >= 4 is 27.0 Å². The molecule has 0 N–H and O–H groups in total. The molecule has 0 aliphatic carbocycles. The minimum absolute atomic E-state index is 0.661. The van der Waals surface area contributed by atoms with Gasteiger partial charge in [-0.2, -0.15) is 5.10 Å². The van der Waals surface area contributed by atoms with Gasteiger partial charge in [0.15, 0.2) is 5.65 Å². The summed E-state index contributed by atoms with van der Waals surface area (Å²) >= 11 is 3.70. The minimum Gasteiger partial charge on any atom is -0.234 e. The maximum Gasteiger partial charge on any atom is 0.160 e. The Balaban J connectivity index is 1.98. The van der Waals surface area contributed by atoms with E-state index in [1.807, 2.05) is 37.4 Å². The van der Waals surface area contributed by atoms with Crippen molar-refractivity contribution in [3.63, 3.8) is 0 Å². The molecule has 4 heteroatoms. The molecule has 3 nitrogen and oxygen atoms in total. The molecule has 5 rings (SSSR count). The lowest BCUT2D eigenvalue weighted by Crippen LogP contribution is -2.38. The molecule has 2 aromatic heterocycles. The Bertz CT molecular complexity index is 1200. The minimum atomic E-state index is -0.661. The maximum atomic E-state index is 4.92. The summed E-state index contributed by atoms with van der Waals surface area (Å²) in [6.45, 7) is 2.01. The molecule has 0 aliphatic heterocycles. The lowest BCUT2D eigenvalue weighted by atomic mass is 9.77. The summed E-state index contributed by atoms with van der Waals surface area (Å²) in [5.41, 5.74) is 4.52. The van der Waals surface area contributed by atoms with Crippen LogP contribution < -0.4 is 0 Å². The summed E-state index contributed by atoms with van der Waals surface area (Å²) in [6.07, 6.45) is 1.90. The standard InChI is InChI=1S/C26H20BrN3/c1-19-17-24(27)23-18-28-30(25(23)29-19)26(20-11-5-2-6-12-20,21-13-7-3-8-14-21)22-15-9-4-10-16-22/h2-18H,1H3. The quantitative estimate of drug-likeness (QED) is 0.297. The Morgan fingerprint density at radius 1 is 0.733 bits per heavy atom. The van der Waals surface area contributed by atoms with Gasteiger partial charge >= 0.3 is 0 Å². The first-order chi connectivity index (χ1) is 14.7. The third-order valence-electron chi connectivity index (χ3n) is 5.51. The highest BCUT2D eigenvalue weighted by Crippen LogP contribution is 2.42. The highest BCUT2D eigenvalue weighted by atomic mass is 79.9. The summed E-state index contributed by atoms with van der Waals surface area (Å²) in [7, 11) is 0. The molecule has 0 bridgehead atoms. The fourth-order valence-corrected chi connectivity index (χ4v) is 4.84. The number of aryl methyl sites for hydroxylation is 1. The number of halogens is 1. The summed E-state index contributed by atoms with van der Waals surface area (Å²) < 4.78 is 3.07. The van der Waals surface area contributed by atoms with Gasteiger partial charge in [0.2, 0.25) is 0 Å². The Kier molecular flexibility index (Phi) is 4.72.